The summed E-state index contributed by atoms with van der Waals surface area (Å²) in [5, 5.41) is 8.85. The molecule has 1 aliphatic carbocycles. The van der Waals surface area contributed by atoms with E-state index in [2.05, 4.69) is 4.98 Å². The third-order valence-corrected chi connectivity index (χ3v) is 3.01. The van der Waals surface area contributed by atoms with Crippen LogP contribution in [-0.2, 0) is 4.79 Å². The van der Waals surface area contributed by atoms with Gasteiger partial charge in [0, 0.05) is 17.7 Å². The van der Waals surface area contributed by atoms with Crippen molar-refractivity contribution in [3.8, 4) is 0 Å². The van der Waals surface area contributed by atoms with Crippen molar-refractivity contribution in [1.82, 2.24) is 4.98 Å². The van der Waals surface area contributed by atoms with Crippen molar-refractivity contribution in [3.63, 3.8) is 0 Å². The van der Waals surface area contributed by atoms with E-state index in [9.17, 15) is 9.59 Å². The summed E-state index contributed by atoms with van der Waals surface area (Å²) < 4.78 is 0. The van der Waals surface area contributed by atoms with Crippen LogP contribution in [0, 0.1) is 5.41 Å². The van der Waals surface area contributed by atoms with Gasteiger partial charge in [0.1, 0.15) is 5.82 Å². The van der Waals surface area contributed by atoms with Crippen molar-refractivity contribution in [2.75, 3.05) is 4.90 Å². The van der Waals surface area contributed by atoms with E-state index < -0.39 is 11.4 Å². The van der Waals surface area contributed by atoms with E-state index in [0.29, 0.717) is 5.82 Å². The fourth-order valence-corrected chi connectivity index (χ4v) is 1.81. The number of carboxylic acids is 1. The number of nitrogens with zero attached hydrogens (tertiary/aromatic N) is 2. The minimum Gasteiger partial charge on any atom is -0.478 e. The predicted octanol–water partition coefficient (Wildman–Crippen LogP) is 2.32. The van der Waals surface area contributed by atoms with E-state index in [1.807, 2.05) is 20.8 Å². The highest BCUT2D eigenvalue weighted by Crippen LogP contribution is 2.34. The van der Waals surface area contributed by atoms with Crippen LogP contribution < -0.4 is 4.90 Å². The van der Waals surface area contributed by atoms with Crippen LogP contribution in [-0.4, -0.2) is 28.0 Å². The van der Waals surface area contributed by atoms with Crippen LogP contribution in [0.15, 0.2) is 18.3 Å². The number of rotatable bonds is 3. The van der Waals surface area contributed by atoms with Crippen LogP contribution in [0.5, 0.6) is 0 Å². The highest BCUT2D eigenvalue weighted by Gasteiger charge is 2.39. The number of amides is 1. The summed E-state index contributed by atoms with van der Waals surface area (Å²) in [5.74, 6) is -0.461. The van der Waals surface area contributed by atoms with Gasteiger partial charge in [0.05, 0.1) is 5.56 Å². The molecule has 0 bridgehead atoms. The summed E-state index contributed by atoms with van der Waals surface area (Å²) in [6.07, 6.45) is 3.25. The number of carbonyl (C=O) groups excluding carboxylic acids is 1. The van der Waals surface area contributed by atoms with Gasteiger partial charge in [0.2, 0.25) is 5.91 Å². The lowest BCUT2D eigenvalue weighted by molar-refractivity contribution is -0.125. The van der Waals surface area contributed by atoms with E-state index in [1.54, 1.807) is 11.0 Å². The van der Waals surface area contributed by atoms with Gasteiger partial charge in [-0.1, -0.05) is 20.8 Å². The number of pyridine rings is 1. The number of aromatic carboxylic acids is 1. The molecule has 19 heavy (non-hydrogen) atoms. The van der Waals surface area contributed by atoms with Crippen molar-refractivity contribution in [2.24, 2.45) is 5.41 Å². The van der Waals surface area contributed by atoms with Crippen LogP contribution in [0.1, 0.15) is 44.0 Å². The topological polar surface area (TPSA) is 70.5 Å². The maximum atomic E-state index is 12.4. The molecule has 1 N–H and O–H groups in total. The largest absolute Gasteiger partial charge is 0.478 e. The standard InChI is InChI=1S/C14H18N2O3/c1-14(2,3)13(19)16(10-5-6-10)11-7-4-9(8-15-11)12(17)18/h4,7-8,10H,5-6H2,1-3H3,(H,17,18). The van der Waals surface area contributed by atoms with E-state index >= 15 is 0 Å². The van der Waals surface area contributed by atoms with Gasteiger partial charge in [-0.15, -0.1) is 0 Å². The van der Waals surface area contributed by atoms with Gasteiger partial charge in [0.15, 0.2) is 0 Å². The van der Waals surface area contributed by atoms with Crippen LogP contribution >= 0.6 is 0 Å². The highest BCUT2D eigenvalue weighted by molar-refractivity contribution is 5.97. The minimum absolute atomic E-state index is 0.0191. The van der Waals surface area contributed by atoms with E-state index in [4.69, 9.17) is 5.11 Å². The molecule has 1 aromatic rings. The Morgan fingerprint density at radius 2 is 1.95 bits per heavy atom. The quantitative estimate of drug-likeness (QED) is 0.907. The fourth-order valence-electron chi connectivity index (χ4n) is 1.81. The van der Waals surface area contributed by atoms with E-state index in [0.717, 1.165) is 12.8 Å². The Bertz CT molecular complexity index is 498. The molecule has 0 spiro atoms. The van der Waals surface area contributed by atoms with Gasteiger partial charge >= 0.3 is 5.97 Å². The second kappa shape index (κ2) is 4.64. The zero-order chi connectivity index (χ0) is 14.2. The Kier molecular flexibility index (Phi) is 3.30. The number of anilines is 1. The van der Waals surface area contributed by atoms with Gasteiger partial charge in [-0.2, -0.15) is 0 Å². The van der Waals surface area contributed by atoms with Gasteiger partial charge in [-0.3, -0.25) is 9.69 Å². The molecule has 0 aromatic carbocycles. The molecule has 1 amide bonds. The molecule has 102 valence electrons. The van der Waals surface area contributed by atoms with Gasteiger partial charge < -0.3 is 5.11 Å². The van der Waals surface area contributed by atoms with Crippen LogP contribution in [0.4, 0.5) is 5.82 Å². The molecule has 0 saturated heterocycles. The van der Waals surface area contributed by atoms with Crippen molar-refractivity contribution >= 4 is 17.7 Å². The normalized spacial score (nSPS) is 15.1. The number of hydrogen-bond acceptors (Lipinski definition) is 3. The monoisotopic (exact) mass is 262 g/mol. The van der Waals surface area contributed by atoms with Crippen molar-refractivity contribution in [2.45, 2.75) is 39.7 Å². The molecule has 1 aromatic heterocycles. The second-order valence-corrected chi connectivity index (χ2v) is 5.87. The number of aromatic nitrogens is 1. The second-order valence-electron chi connectivity index (χ2n) is 5.87. The molecule has 1 aliphatic rings. The van der Waals surface area contributed by atoms with E-state index in [1.165, 1.54) is 12.3 Å². The highest BCUT2D eigenvalue weighted by atomic mass is 16.4. The average molecular weight is 262 g/mol. The molecule has 1 heterocycles. The SMILES string of the molecule is CC(C)(C)C(=O)N(c1ccc(C(=O)O)cn1)C1CC1. The van der Waals surface area contributed by atoms with Crippen molar-refractivity contribution in [3.05, 3.63) is 23.9 Å². The third-order valence-electron chi connectivity index (χ3n) is 3.01. The Morgan fingerprint density at radius 3 is 2.32 bits per heavy atom. The Labute approximate surface area is 112 Å². The lowest BCUT2D eigenvalue weighted by Gasteiger charge is -2.28. The summed E-state index contributed by atoms with van der Waals surface area (Å²) in [7, 11) is 0. The lowest BCUT2D eigenvalue weighted by Crippen LogP contribution is -2.41. The first kappa shape index (κ1) is 13.5. The van der Waals surface area contributed by atoms with Gasteiger partial charge in [-0.25, -0.2) is 9.78 Å². The summed E-state index contributed by atoms with van der Waals surface area (Å²) >= 11 is 0. The summed E-state index contributed by atoms with van der Waals surface area (Å²) in [4.78, 5) is 29.1. The first-order valence-electron chi connectivity index (χ1n) is 6.33. The molecular formula is C14H18N2O3. The predicted molar refractivity (Wildman–Crippen MR) is 71.2 cm³/mol. The zero-order valence-electron chi connectivity index (χ0n) is 11.4. The fraction of sp³-hybridized carbons (Fsp3) is 0.500. The van der Waals surface area contributed by atoms with Crippen molar-refractivity contribution < 1.29 is 14.7 Å². The number of carbonyl (C=O) groups is 2. The van der Waals surface area contributed by atoms with Gasteiger partial charge in [-0.05, 0) is 25.0 Å². The molecule has 5 nitrogen and oxygen atoms in total. The number of carboxylic acid groups (broad SMARTS) is 1. The molecule has 0 aliphatic heterocycles. The Balaban J connectivity index is 2.29. The number of hydrogen-bond donors (Lipinski definition) is 1. The maximum Gasteiger partial charge on any atom is 0.337 e. The van der Waals surface area contributed by atoms with Crippen LogP contribution in [0.2, 0.25) is 0 Å². The molecule has 2 rings (SSSR count). The van der Waals surface area contributed by atoms with Crippen LogP contribution in [0.3, 0.4) is 0 Å². The molecule has 1 saturated carbocycles. The molecule has 5 heteroatoms. The molecule has 1 fully saturated rings. The Hall–Kier alpha value is -1.91. The summed E-state index contributed by atoms with van der Waals surface area (Å²) in [6.45, 7) is 5.61. The average Bonchev–Trinajstić information content (AvgIpc) is 3.13. The van der Waals surface area contributed by atoms with E-state index in [-0.39, 0.29) is 17.5 Å². The van der Waals surface area contributed by atoms with Gasteiger partial charge in [0.25, 0.3) is 0 Å². The summed E-state index contributed by atoms with van der Waals surface area (Å²) in [6, 6.07) is 3.29. The van der Waals surface area contributed by atoms with Crippen molar-refractivity contribution in [1.29, 1.82) is 0 Å². The summed E-state index contributed by atoms with van der Waals surface area (Å²) in [5.41, 5.74) is -0.349. The Morgan fingerprint density at radius 1 is 1.32 bits per heavy atom. The zero-order valence-corrected chi connectivity index (χ0v) is 11.4. The molecule has 0 radical (unpaired) electrons. The first-order valence-corrected chi connectivity index (χ1v) is 6.33. The third kappa shape index (κ3) is 2.92. The molecule has 0 unspecified atom stereocenters. The molecule has 0 atom stereocenters. The molecular weight excluding hydrogens is 244 g/mol. The lowest BCUT2D eigenvalue weighted by atomic mass is 9.94. The maximum absolute atomic E-state index is 12.4. The smallest absolute Gasteiger partial charge is 0.337 e. The minimum atomic E-state index is -1.01. The van der Waals surface area contributed by atoms with Crippen LogP contribution in [0.25, 0.3) is 0 Å². The first-order chi connectivity index (χ1) is 8.80.